The molecule has 90 valence electrons. The highest BCUT2D eigenvalue weighted by Gasteiger charge is 2.19. The van der Waals surface area contributed by atoms with Crippen LogP contribution >= 0.6 is 0 Å². The zero-order valence-electron chi connectivity index (χ0n) is 10.2. The van der Waals surface area contributed by atoms with Gasteiger partial charge in [0.25, 0.3) is 0 Å². The van der Waals surface area contributed by atoms with Gasteiger partial charge in [0.05, 0.1) is 5.69 Å². The van der Waals surface area contributed by atoms with Crippen molar-refractivity contribution < 1.29 is 0 Å². The zero-order chi connectivity index (χ0) is 11.5. The van der Waals surface area contributed by atoms with Crippen LogP contribution in [0.3, 0.4) is 0 Å². The van der Waals surface area contributed by atoms with Crippen LogP contribution in [0.4, 0.5) is 11.5 Å². The third-order valence-electron chi connectivity index (χ3n) is 3.46. The van der Waals surface area contributed by atoms with Gasteiger partial charge in [0.15, 0.2) is 5.82 Å². The van der Waals surface area contributed by atoms with E-state index in [-0.39, 0.29) is 0 Å². The maximum Gasteiger partial charge on any atom is 0.171 e. The quantitative estimate of drug-likeness (QED) is 0.824. The first-order valence-corrected chi connectivity index (χ1v) is 6.18. The van der Waals surface area contributed by atoms with Crippen molar-refractivity contribution in [1.29, 1.82) is 0 Å². The minimum atomic E-state index is 0.742. The van der Waals surface area contributed by atoms with Gasteiger partial charge < -0.3 is 11.1 Å². The lowest BCUT2D eigenvalue weighted by molar-refractivity contribution is 0.293. The van der Waals surface area contributed by atoms with Gasteiger partial charge in [-0.1, -0.05) is 19.8 Å². The molecule has 0 bridgehead atoms. The highest BCUT2D eigenvalue weighted by molar-refractivity contribution is 5.59. The van der Waals surface area contributed by atoms with Gasteiger partial charge in [-0.3, -0.25) is 4.68 Å². The van der Waals surface area contributed by atoms with Gasteiger partial charge in [-0.05, 0) is 24.7 Å². The first-order valence-electron chi connectivity index (χ1n) is 6.18. The summed E-state index contributed by atoms with van der Waals surface area (Å²) in [6.07, 6.45) is 7.27. The number of hydrogen-bond donors (Lipinski definition) is 2. The van der Waals surface area contributed by atoms with Crippen molar-refractivity contribution in [3.05, 3.63) is 6.20 Å². The summed E-state index contributed by atoms with van der Waals surface area (Å²) in [6.45, 7) is 3.35. The summed E-state index contributed by atoms with van der Waals surface area (Å²) in [6, 6.07) is 0. The van der Waals surface area contributed by atoms with Crippen LogP contribution in [0.15, 0.2) is 6.20 Å². The van der Waals surface area contributed by atoms with Gasteiger partial charge in [-0.2, -0.15) is 5.10 Å². The summed E-state index contributed by atoms with van der Waals surface area (Å²) in [5, 5.41) is 7.66. The maximum absolute atomic E-state index is 5.84. The molecule has 4 nitrogen and oxygen atoms in total. The largest absolute Gasteiger partial charge is 0.394 e. The predicted molar refractivity (Wildman–Crippen MR) is 67.2 cm³/mol. The normalized spacial score (nSPS) is 25.6. The number of nitrogen functional groups attached to an aromatic ring is 1. The molecule has 0 aliphatic heterocycles. The molecule has 1 fully saturated rings. The van der Waals surface area contributed by atoms with E-state index in [9.17, 15) is 0 Å². The number of nitrogens with one attached hydrogen (secondary N) is 1. The third-order valence-corrected chi connectivity index (χ3v) is 3.46. The second-order valence-electron chi connectivity index (χ2n) is 5.13. The number of aryl methyl sites for hydroxylation is 1. The van der Waals surface area contributed by atoms with E-state index < -0.39 is 0 Å². The Morgan fingerprint density at radius 2 is 2.38 bits per heavy atom. The number of hydrogen-bond acceptors (Lipinski definition) is 3. The van der Waals surface area contributed by atoms with E-state index in [1.165, 1.54) is 25.7 Å². The number of aromatic nitrogens is 2. The number of rotatable bonds is 3. The molecule has 3 N–H and O–H groups in total. The standard InChI is InChI=1S/C12H22N4/c1-9-4-3-5-10(6-9)7-14-12-11(13)8-16(2)15-12/h8-10H,3-7,13H2,1-2H3,(H,14,15). The van der Waals surface area contributed by atoms with Crippen molar-refractivity contribution in [2.45, 2.75) is 32.6 Å². The van der Waals surface area contributed by atoms with Crippen molar-refractivity contribution in [1.82, 2.24) is 9.78 Å². The van der Waals surface area contributed by atoms with Crippen LogP contribution in [0.5, 0.6) is 0 Å². The van der Waals surface area contributed by atoms with Crippen LogP contribution in [-0.4, -0.2) is 16.3 Å². The highest BCUT2D eigenvalue weighted by atomic mass is 15.3. The van der Waals surface area contributed by atoms with Crippen molar-refractivity contribution in [2.24, 2.45) is 18.9 Å². The molecule has 0 aromatic carbocycles. The SMILES string of the molecule is CC1CCCC(CNc2nn(C)cc2N)C1. The zero-order valence-corrected chi connectivity index (χ0v) is 10.2. The Bertz CT molecular complexity index is 345. The smallest absolute Gasteiger partial charge is 0.171 e. The molecule has 1 aliphatic rings. The third kappa shape index (κ3) is 2.68. The van der Waals surface area contributed by atoms with Crippen LogP contribution in [0, 0.1) is 11.8 Å². The molecule has 16 heavy (non-hydrogen) atoms. The molecule has 0 amide bonds. The van der Waals surface area contributed by atoms with E-state index in [1.54, 1.807) is 4.68 Å². The molecule has 2 unspecified atom stereocenters. The summed E-state index contributed by atoms with van der Waals surface area (Å²) >= 11 is 0. The summed E-state index contributed by atoms with van der Waals surface area (Å²) in [5.74, 6) is 2.49. The number of nitrogens with zero attached hydrogens (tertiary/aromatic N) is 2. The Hall–Kier alpha value is -1.19. The lowest BCUT2D eigenvalue weighted by Crippen LogP contribution is -2.21. The maximum atomic E-state index is 5.84. The average molecular weight is 222 g/mol. The van der Waals surface area contributed by atoms with Crippen molar-refractivity contribution in [3.8, 4) is 0 Å². The van der Waals surface area contributed by atoms with Crippen LogP contribution in [-0.2, 0) is 7.05 Å². The Morgan fingerprint density at radius 1 is 1.56 bits per heavy atom. The first-order chi connectivity index (χ1) is 7.65. The Labute approximate surface area is 97.2 Å². The van der Waals surface area contributed by atoms with E-state index in [0.29, 0.717) is 0 Å². The average Bonchev–Trinajstić information content (AvgIpc) is 2.54. The molecule has 0 radical (unpaired) electrons. The minimum Gasteiger partial charge on any atom is -0.394 e. The van der Waals surface area contributed by atoms with E-state index in [2.05, 4.69) is 17.3 Å². The summed E-state index contributed by atoms with van der Waals surface area (Å²) in [4.78, 5) is 0. The van der Waals surface area contributed by atoms with Gasteiger partial charge >= 0.3 is 0 Å². The van der Waals surface area contributed by atoms with E-state index in [0.717, 1.165) is 29.9 Å². The molecule has 4 heteroatoms. The van der Waals surface area contributed by atoms with Crippen LogP contribution in [0.2, 0.25) is 0 Å². The molecular weight excluding hydrogens is 200 g/mol. The van der Waals surface area contributed by atoms with Crippen molar-refractivity contribution >= 4 is 11.5 Å². The molecule has 1 heterocycles. The van der Waals surface area contributed by atoms with E-state index in [1.807, 2.05) is 13.2 Å². The Kier molecular flexibility index (Phi) is 3.36. The fraction of sp³-hybridized carbons (Fsp3) is 0.750. The van der Waals surface area contributed by atoms with Crippen molar-refractivity contribution in [2.75, 3.05) is 17.6 Å². The van der Waals surface area contributed by atoms with Gasteiger partial charge in [-0.25, -0.2) is 0 Å². The molecule has 0 saturated heterocycles. The lowest BCUT2D eigenvalue weighted by Gasteiger charge is -2.26. The molecule has 0 spiro atoms. The summed E-state index contributed by atoms with van der Waals surface area (Å²) in [7, 11) is 1.89. The number of anilines is 2. The van der Waals surface area contributed by atoms with Gasteiger partial charge in [0.2, 0.25) is 0 Å². The molecular formula is C12H22N4. The predicted octanol–water partition coefficient (Wildman–Crippen LogP) is 2.24. The summed E-state index contributed by atoms with van der Waals surface area (Å²) < 4.78 is 1.75. The van der Waals surface area contributed by atoms with E-state index in [4.69, 9.17) is 5.73 Å². The van der Waals surface area contributed by atoms with Gasteiger partial charge in [0, 0.05) is 19.8 Å². The minimum absolute atomic E-state index is 0.742. The van der Waals surface area contributed by atoms with Crippen LogP contribution in [0.25, 0.3) is 0 Å². The summed E-state index contributed by atoms with van der Waals surface area (Å²) in [5.41, 5.74) is 6.58. The topological polar surface area (TPSA) is 55.9 Å². The van der Waals surface area contributed by atoms with Gasteiger partial charge in [-0.15, -0.1) is 0 Å². The molecule has 1 saturated carbocycles. The van der Waals surface area contributed by atoms with Crippen LogP contribution in [0.1, 0.15) is 32.6 Å². The molecule has 1 aliphatic carbocycles. The fourth-order valence-corrected chi connectivity index (χ4v) is 2.63. The van der Waals surface area contributed by atoms with Crippen molar-refractivity contribution in [3.63, 3.8) is 0 Å². The fourth-order valence-electron chi connectivity index (χ4n) is 2.63. The Balaban J connectivity index is 1.85. The second kappa shape index (κ2) is 4.76. The van der Waals surface area contributed by atoms with E-state index >= 15 is 0 Å². The number of nitrogens with two attached hydrogens (primary N) is 1. The Morgan fingerprint density at radius 3 is 3.00 bits per heavy atom. The monoisotopic (exact) mass is 222 g/mol. The van der Waals surface area contributed by atoms with Gasteiger partial charge in [0.1, 0.15) is 0 Å². The molecule has 2 rings (SSSR count). The first kappa shape index (κ1) is 11.3. The molecule has 1 aromatic heterocycles. The molecule has 1 aromatic rings. The van der Waals surface area contributed by atoms with Crippen LogP contribution < -0.4 is 11.1 Å². The lowest BCUT2D eigenvalue weighted by atomic mass is 9.82. The highest BCUT2D eigenvalue weighted by Crippen LogP contribution is 2.29. The molecule has 2 atom stereocenters. The second-order valence-corrected chi connectivity index (χ2v) is 5.13.